The van der Waals surface area contributed by atoms with E-state index in [4.69, 9.17) is 16.3 Å². The molecule has 154 valence electrons. The van der Waals surface area contributed by atoms with Crippen molar-refractivity contribution in [3.8, 4) is 6.01 Å². The number of fused-ring (bicyclic) bond motifs is 2. The van der Waals surface area contributed by atoms with Gasteiger partial charge >= 0.3 is 6.01 Å². The molecule has 0 saturated carbocycles. The minimum Gasteiger partial charge on any atom is -0.461 e. The van der Waals surface area contributed by atoms with E-state index in [9.17, 15) is 8.78 Å². The molecule has 3 aliphatic rings. The first-order chi connectivity index (χ1) is 14.1. The number of halogens is 3. The van der Waals surface area contributed by atoms with Crippen molar-refractivity contribution in [3.05, 3.63) is 29.3 Å². The fraction of sp³-hybridized carbons (Fsp3) is 0.526. The van der Waals surface area contributed by atoms with Gasteiger partial charge in [-0.05, 0) is 19.4 Å². The highest BCUT2D eigenvalue weighted by atomic mass is 35.5. The molecule has 0 unspecified atom stereocenters. The van der Waals surface area contributed by atoms with Gasteiger partial charge in [0.1, 0.15) is 18.3 Å². The maximum atomic E-state index is 14.7. The van der Waals surface area contributed by atoms with Gasteiger partial charge in [0, 0.05) is 25.7 Å². The van der Waals surface area contributed by atoms with Crippen LogP contribution in [0.4, 0.5) is 14.6 Å². The fourth-order valence-corrected chi connectivity index (χ4v) is 4.71. The monoisotopic (exact) mass is 422 g/mol. The van der Waals surface area contributed by atoms with Gasteiger partial charge in [-0.2, -0.15) is 9.97 Å². The second-order valence-electron chi connectivity index (χ2n) is 7.76. The van der Waals surface area contributed by atoms with Gasteiger partial charge in [-0.15, -0.1) is 0 Å². The van der Waals surface area contributed by atoms with Crippen LogP contribution >= 0.6 is 11.6 Å². The molecule has 0 aliphatic carbocycles. The van der Waals surface area contributed by atoms with E-state index in [1.165, 1.54) is 6.20 Å². The normalized spacial score (nSPS) is 27.0. The summed E-state index contributed by atoms with van der Waals surface area (Å²) in [6.45, 7) is 2.75. The van der Waals surface area contributed by atoms with E-state index < -0.39 is 12.0 Å². The molecule has 5 heterocycles. The number of aromatic nitrogens is 3. The van der Waals surface area contributed by atoms with E-state index in [-0.39, 0.29) is 28.8 Å². The van der Waals surface area contributed by atoms with E-state index in [0.717, 1.165) is 19.4 Å². The van der Waals surface area contributed by atoms with Crippen LogP contribution < -0.4 is 15.2 Å². The molecule has 2 fully saturated rings. The number of alkyl halides is 1. The first kappa shape index (κ1) is 18.9. The predicted octanol–water partition coefficient (Wildman–Crippen LogP) is 2.65. The molecule has 2 aromatic heterocycles. The second-order valence-corrected chi connectivity index (χ2v) is 8.12. The van der Waals surface area contributed by atoms with Crippen LogP contribution in [0.25, 0.3) is 10.9 Å². The average Bonchev–Trinajstić information content (AvgIpc) is 3.25. The Bertz CT molecular complexity index is 975. The van der Waals surface area contributed by atoms with Gasteiger partial charge in [0.25, 0.3) is 0 Å². The Morgan fingerprint density at radius 1 is 1.34 bits per heavy atom. The van der Waals surface area contributed by atoms with E-state index >= 15 is 0 Å². The maximum absolute atomic E-state index is 14.7. The third-order valence-corrected chi connectivity index (χ3v) is 6.21. The first-order valence-electron chi connectivity index (χ1n) is 9.75. The highest BCUT2D eigenvalue weighted by Crippen LogP contribution is 2.40. The van der Waals surface area contributed by atoms with Crippen LogP contribution in [-0.4, -0.2) is 64.3 Å². The van der Waals surface area contributed by atoms with Gasteiger partial charge in [0.05, 0.1) is 17.5 Å². The van der Waals surface area contributed by atoms with Crippen LogP contribution in [0.5, 0.6) is 6.01 Å². The molecule has 0 aromatic carbocycles. The number of ether oxygens (including phenoxy) is 1. The summed E-state index contributed by atoms with van der Waals surface area (Å²) < 4.78 is 34.6. The first-order valence-corrected chi connectivity index (χ1v) is 10.1. The van der Waals surface area contributed by atoms with Crippen molar-refractivity contribution in [3.63, 3.8) is 0 Å². The molecule has 10 heteroatoms. The van der Waals surface area contributed by atoms with Gasteiger partial charge in [-0.3, -0.25) is 9.91 Å². The highest BCUT2D eigenvalue weighted by molar-refractivity contribution is 6.30. The molecule has 2 saturated heterocycles. The SMILES string of the molecule is Fc1c(Cl)ncc2c(N3CC=CCN3)nc(OC[C@@]34CCCN3C[C@H](F)C4)nc12. The third kappa shape index (κ3) is 3.31. The number of hydrogen-bond acceptors (Lipinski definition) is 7. The van der Waals surface area contributed by atoms with Gasteiger partial charge in [-0.1, -0.05) is 23.8 Å². The zero-order chi connectivity index (χ0) is 20.0. The Labute approximate surface area is 171 Å². The summed E-state index contributed by atoms with van der Waals surface area (Å²) in [5, 5.41) is 1.97. The molecule has 0 amide bonds. The minimum absolute atomic E-state index is 0.0496. The van der Waals surface area contributed by atoms with Crippen molar-refractivity contribution >= 4 is 28.3 Å². The Morgan fingerprint density at radius 3 is 3.07 bits per heavy atom. The topological polar surface area (TPSA) is 66.4 Å². The lowest BCUT2D eigenvalue weighted by atomic mass is 9.95. The number of rotatable bonds is 4. The predicted molar refractivity (Wildman–Crippen MR) is 105 cm³/mol. The summed E-state index contributed by atoms with van der Waals surface area (Å²) in [7, 11) is 0. The van der Waals surface area contributed by atoms with Crippen molar-refractivity contribution in [2.45, 2.75) is 31.0 Å². The van der Waals surface area contributed by atoms with Crippen LogP contribution in [-0.2, 0) is 0 Å². The second kappa shape index (κ2) is 7.30. The van der Waals surface area contributed by atoms with Crippen molar-refractivity contribution in [1.82, 2.24) is 25.3 Å². The summed E-state index contributed by atoms with van der Waals surface area (Å²) in [5.41, 5.74) is 2.91. The van der Waals surface area contributed by atoms with Crippen LogP contribution in [0.3, 0.4) is 0 Å². The van der Waals surface area contributed by atoms with Crippen LogP contribution in [0, 0.1) is 5.82 Å². The van der Waals surface area contributed by atoms with Gasteiger partial charge in [0.2, 0.25) is 0 Å². The van der Waals surface area contributed by atoms with Gasteiger partial charge in [-0.25, -0.2) is 19.2 Å². The maximum Gasteiger partial charge on any atom is 0.319 e. The molecule has 7 nitrogen and oxygen atoms in total. The summed E-state index contributed by atoms with van der Waals surface area (Å²) in [6.07, 6.45) is 6.92. The number of hydrazine groups is 1. The molecule has 3 aliphatic heterocycles. The Morgan fingerprint density at radius 2 is 2.24 bits per heavy atom. The zero-order valence-electron chi connectivity index (χ0n) is 15.7. The molecule has 1 N–H and O–H groups in total. The van der Waals surface area contributed by atoms with E-state index in [1.54, 1.807) is 5.01 Å². The van der Waals surface area contributed by atoms with Gasteiger partial charge in [0.15, 0.2) is 16.8 Å². The summed E-state index contributed by atoms with van der Waals surface area (Å²) in [5.74, 6) is -0.247. The molecule has 29 heavy (non-hydrogen) atoms. The number of nitrogens with zero attached hydrogens (tertiary/aromatic N) is 5. The highest BCUT2D eigenvalue weighted by Gasteiger charge is 2.49. The summed E-state index contributed by atoms with van der Waals surface area (Å²) in [4.78, 5) is 14.8. The number of hydrogen-bond donors (Lipinski definition) is 1. The van der Waals surface area contributed by atoms with E-state index in [0.29, 0.717) is 37.3 Å². The van der Waals surface area contributed by atoms with Crippen molar-refractivity contribution < 1.29 is 13.5 Å². The number of pyridine rings is 1. The quantitative estimate of drug-likeness (QED) is 0.600. The largest absolute Gasteiger partial charge is 0.461 e. The molecular weight excluding hydrogens is 402 g/mol. The number of anilines is 1. The zero-order valence-corrected chi connectivity index (χ0v) is 16.5. The Balaban J connectivity index is 1.50. The Kier molecular flexibility index (Phi) is 4.76. The molecule has 5 rings (SSSR count). The molecule has 0 bridgehead atoms. The van der Waals surface area contributed by atoms with E-state index in [2.05, 4.69) is 25.3 Å². The molecule has 0 spiro atoms. The number of nitrogens with one attached hydrogen (secondary N) is 1. The van der Waals surface area contributed by atoms with Crippen molar-refractivity contribution in [2.24, 2.45) is 0 Å². The summed E-state index contributed by atoms with van der Waals surface area (Å²) in [6, 6.07) is 0.0496. The average molecular weight is 423 g/mol. The lowest BCUT2D eigenvalue weighted by Crippen LogP contribution is -2.44. The van der Waals surface area contributed by atoms with Crippen LogP contribution in [0.15, 0.2) is 18.3 Å². The molecular formula is C19H21ClF2N6O. The smallest absolute Gasteiger partial charge is 0.319 e. The molecule has 2 atom stereocenters. The fourth-order valence-electron chi connectivity index (χ4n) is 4.57. The lowest BCUT2D eigenvalue weighted by Gasteiger charge is -2.31. The van der Waals surface area contributed by atoms with Crippen LogP contribution in [0.2, 0.25) is 5.15 Å². The van der Waals surface area contributed by atoms with Crippen LogP contribution in [0.1, 0.15) is 19.3 Å². The minimum atomic E-state index is -0.848. The molecule has 0 radical (unpaired) electrons. The summed E-state index contributed by atoms with van der Waals surface area (Å²) >= 11 is 5.87. The van der Waals surface area contributed by atoms with Crippen molar-refractivity contribution in [2.75, 3.05) is 37.8 Å². The lowest BCUT2D eigenvalue weighted by molar-refractivity contribution is 0.107. The van der Waals surface area contributed by atoms with E-state index in [1.807, 2.05) is 12.2 Å². The standard InChI is InChI=1S/C19H21ClF2N6O/c20-16-14(22)15-13(9-23-16)17(28-7-2-1-5-24-28)26-18(25-15)29-11-19-4-3-6-27(19)10-12(21)8-19/h1-2,9,12,24H,3-8,10-11H2/t12-,19+/m1/s1. The van der Waals surface area contributed by atoms with Gasteiger partial charge < -0.3 is 4.74 Å². The molecule has 2 aromatic rings. The van der Waals surface area contributed by atoms with Crippen molar-refractivity contribution in [1.29, 1.82) is 0 Å². The third-order valence-electron chi connectivity index (χ3n) is 5.94. The Hall–Kier alpha value is -2.10.